The van der Waals surface area contributed by atoms with Crippen LogP contribution in [0.2, 0.25) is 0 Å². The van der Waals surface area contributed by atoms with E-state index in [9.17, 15) is 5.11 Å². The number of nitrogens with one attached hydrogen (secondary N) is 2. The Bertz CT molecular complexity index is 714. The molecule has 1 aliphatic rings. The van der Waals surface area contributed by atoms with Crippen molar-refractivity contribution in [2.75, 3.05) is 23.8 Å². The topological polar surface area (TPSA) is 79.3 Å². The first-order valence-electron chi connectivity index (χ1n) is 9.35. The molecule has 0 spiro atoms. The van der Waals surface area contributed by atoms with Gasteiger partial charge >= 0.3 is 0 Å². The van der Waals surface area contributed by atoms with Crippen molar-refractivity contribution in [3.05, 3.63) is 36.0 Å². The molecule has 1 aliphatic carbocycles. The lowest BCUT2D eigenvalue weighted by atomic mass is 10.1. The van der Waals surface area contributed by atoms with Gasteiger partial charge in [0.1, 0.15) is 11.6 Å². The van der Waals surface area contributed by atoms with Crippen LogP contribution in [-0.4, -0.2) is 34.3 Å². The van der Waals surface area contributed by atoms with E-state index in [2.05, 4.69) is 34.4 Å². The maximum Gasteiger partial charge on any atom is 0.225 e. The highest BCUT2D eigenvalue weighted by Crippen LogP contribution is 2.40. The van der Waals surface area contributed by atoms with Crippen molar-refractivity contribution in [3.8, 4) is 5.75 Å². The van der Waals surface area contributed by atoms with Gasteiger partial charge in [-0.15, -0.1) is 0 Å². The lowest BCUT2D eigenvalue weighted by Crippen LogP contribution is -2.30. The molecule has 0 bridgehead atoms. The van der Waals surface area contributed by atoms with Gasteiger partial charge in [0.2, 0.25) is 5.95 Å². The zero-order valence-corrected chi connectivity index (χ0v) is 15.7. The van der Waals surface area contributed by atoms with Gasteiger partial charge in [0, 0.05) is 17.7 Å². The molecule has 2 aromatic rings. The second kappa shape index (κ2) is 8.36. The summed E-state index contributed by atoms with van der Waals surface area (Å²) in [5.41, 5.74) is 2.00. The van der Waals surface area contributed by atoms with E-state index in [-0.39, 0.29) is 18.6 Å². The molecule has 1 fully saturated rings. The van der Waals surface area contributed by atoms with Gasteiger partial charge < -0.3 is 20.5 Å². The summed E-state index contributed by atoms with van der Waals surface area (Å²) in [6.07, 6.45) is 2.35. The van der Waals surface area contributed by atoms with E-state index in [4.69, 9.17) is 4.74 Å². The van der Waals surface area contributed by atoms with Crippen molar-refractivity contribution < 1.29 is 9.84 Å². The first-order valence-corrected chi connectivity index (χ1v) is 9.35. The number of hydrogen-bond donors (Lipinski definition) is 3. The number of aliphatic hydroxyl groups is 1. The van der Waals surface area contributed by atoms with Crippen LogP contribution in [0.25, 0.3) is 0 Å². The maximum atomic E-state index is 9.58. The SMILES string of the molecule is CCOc1ccc(Nc2cc(C3CC3)nc(N[C@@H](CO)C(C)C)n2)cc1. The molecule has 0 aliphatic heterocycles. The summed E-state index contributed by atoms with van der Waals surface area (Å²) < 4.78 is 5.48. The van der Waals surface area contributed by atoms with Crippen molar-refractivity contribution in [2.24, 2.45) is 5.92 Å². The van der Waals surface area contributed by atoms with Crippen LogP contribution < -0.4 is 15.4 Å². The smallest absolute Gasteiger partial charge is 0.225 e. The molecule has 6 heteroatoms. The Morgan fingerprint density at radius 2 is 1.92 bits per heavy atom. The number of hydrogen-bond acceptors (Lipinski definition) is 6. The fraction of sp³-hybridized carbons (Fsp3) is 0.500. The summed E-state index contributed by atoms with van der Waals surface area (Å²) in [6, 6.07) is 9.78. The van der Waals surface area contributed by atoms with Gasteiger partial charge in [-0.1, -0.05) is 13.8 Å². The standard InChI is InChI=1S/C20H28N4O2/c1-4-26-16-9-7-15(8-10-16)21-19-11-17(14-5-6-14)22-20(24-19)23-18(12-25)13(2)3/h7-11,13-14,18,25H,4-6,12H2,1-3H3,(H2,21,22,23,24)/t18-/m0/s1. The van der Waals surface area contributed by atoms with Gasteiger partial charge in [-0.2, -0.15) is 4.98 Å². The minimum absolute atomic E-state index is 0.0519. The van der Waals surface area contributed by atoms with Gasteiger partial charge in [0.05, 0.1) is 24.9 Å². The quantitative estimate of drug-likeness (QED) is 0.632. The number of aromatic nitrogens is 2. The molecule has 0 saturated heterocycles. The molecular formula is C20H28N4O2. The van der Waals surface area contributed by atoms with Gasteiger partial charge in [0.15, 0.2) is 0 Å². The van der Waals surface area contributed by atoms with Gasteiger partial charge in [-0.05, 0) is 49.9 Å². The summed E-state index contributed by atoms with van der Waals surface area (Å²) >= 11 is 0. The molecule has 1 saturated carbocycles. The average molecular weight is 356 g/mol. The van der Waals surface area contributed by atoms with Crippen molar-refractivity contribution in [1.29, 1.82) is 0 Å². The Labute approximate surface area is 155 Å². The van der Waals surface area contributed by atoms with E-state index in [0.29, 0.717) is 18.5 Å². The third kappa shape index (κ3) is 4.85. The molecule has 0 radical (unpaired) electrons. The number of rotatable bonds is 9. The molecule has 0 amide bonds. The Balaban J connectivity index is 1.79. The number of aliphatic hydroxyl groups excluding tert-OH is 1. The van der Waals surface area contributed by atoms with E-state index >= 15 is 0 Å². The summed E-state index contributed by atoms with van der Waals surface area (Å²) in [6.45, 7) is 6.81. The van der Waals surface area contributed by atoms with E-state index in [1.54, 1.807) is 0 Å². The van der Waals surface area contributed by atoms with E-state index in [0.717, 1.165) is 22.9 Å². The van der Waals surface area contributed by atoms with E-state index in [1.165, 1.54) is 12.8 Å². The fourth-order valence-electron chi connectivity index (χ4n) is 2.72. The van der Waals surface area contributed by atoms with Crippen molar-refractivity contribution in [2.45, 2.75) is 45.6 Å². The van der Waals surface area contributed by atoms with Crippen LogP contribution in [0, 0.1) is 5.92 Å². The summed E-state index contributed by atoms with van der Waals surface area (Å²) in [4.78, 5) is 9.24. The van der Waals surface area contributed by atoms with E-state index < -0.39 is 0 Å². The Hall–Kier alpha value is -2.34. The normalized spacial score (nSPS) is 15.0. The lowest BCUT2D eigenvalue weighted by molar-refractivity contribution is 0.248. The Kier molecular flexibility index (Phi) is 5.93. The predicted molar refractivity (Wildman–Crippen MR) is 104 cm³/mol. The van der Waals surface area contributed by atoms with Crippen LogP contribution in [0.3, 0.4) is 0 Å². The zero-order valence-electron chi connectivity index (χ0n) is 15.7. The third-order valence-corrected chi connectivity index (χ3v) is 4.50. The average Bonchev–Trinajstić information content (AvgIpc) is 3.46. The lowest BCUT2D eigenvalue weighted by Gasteiger charge is -2.20. The molecule has 26 heavy (non-hydrogen) atoms. The molecule has 3 rings (SSSR count). The first kappa shape index (κ1) is 18.5. The molecule has 1 atom stereocenters. The minimum atomic E-state index is -0.0669. The van der Waals surface area contributed by atoms with Gasteiger partial charge in [-0.3, -0.25) is 0 Å². The highest BCUT2D eigenvalue weighted by molar-refractivity contribution is 5.59. The molecule has 1 aromatic carbocycles. The Morgan fingerprint density at radius 3 is 2.50 bits per heavy atom. The molecule has 3 N–H and O–H groups in total. The second-order valence-corrected chi connectivity index (χ2v) is 7.04. The first-order chi connectivity index (χ1) is 12.6. The Morgan fingerprint density at radius 1 is 1.19 bits per heavy atom. The highest BCUT2D eigenvalue weighted by atomic mass is 16.5. The monoisotopic (exact) mass is 356 g/mol. The predicted octanol–water partition coefficient (Wildman–Crippen LogP) is 3.93. The molecule has 0 unspecified atom stereocenters. The number of ether oxygens (including phenoxy) is 1. The van der Waals surface area contributed by atoms with Crippen LogP contribution >= 0.6 is 0 Å². The molecule has 140 valence electrons. The second-order valence-electron chi connectivity index (χ2n) is 7.04. The van der Waals surface area contributed by atoms with Crippen molar-refractivity contribution in [1.82, 2.24) is 9.97 Å². The summed E-state index contributed by atoms with van der Waals surface area (Å²) in [7, 11) is 0. The minimum Gasteiger partial charge on any atom is -0.494 e. The molecular weight excluding hydrogens is 328 g/mol. The summed E-state index contributed by atoms with van der Waals surface area (Å²) in [5, 5.41) is 16.2. The molecule has 1 aromatic heterocycles. The van der Waals surface area contributed by atoms with Crippen LogP contribution in [0.15, 0.2) is 30.3 Å². The maximum absolute atomic E-state index is 9.58. The van der Waals surface area contributed by atoms with Crippen LogP contribution in [0.5, 0.6) is 5.75 Å². The van der Waals surface area contributed by atoms with E-state index in [1.807, 2.05) is 37.3 Å². The molecule has 6 nitrogen and oxygen atoms in total. The summed E-state index contributed by atoms with van der Waals surface area (Å²) in [5.74, 6) is 2.98. The van der Waals surface area contributed by atoms with Crippen LogP contribution in [0.1, 0.15) is 45.2 Å². The highest BCUT2D eigenvalue weighted by Gasteiger charge is 2.26. The van der Waals surface area contributed by atoms with Gasteiger partial charge in [0.25, 0.3) is 0 Å². The van der Waals surface area contributed by atoms with Crippen molar-refractivity contribution >= 4 is 17.5 Å². The molecule has 1 heterocycles. The van der Waals surface area contributed by atoms with Crippen LogP contribution in [0.4, 0.5) is 17.5 Å². The van der Waals surface area contributed by atoms with Gasteiger partial charge in [-0.25, -0.2) is 4.98 Å². The number of anilines is 3. The fourth-order valence-corrected chi connectivity index (χ4v) is 2.72. The zero-order chi connectivity index (χ0) is 18.5. The van der Waals surface area contributed by atoms with Crippen LogP contribution in [-0.2, 0) is 0 Å². The van der Waals surface area contributed by atoms with Crippen molar-refractivity contribution in [3.63, 3.8) is 0 Å². The largest absolute Gasteiger partial charge is 0.494 e. The number of nitrogens with zero attached hydrogens (tertiary/aromatic N) is 2. The number of benzene rings is 1. The third-order valence-electron chi connectivity index (χ3n) is 4.50.